The predicted octanol–water partition coefficient (Wildman–Crippen LogP) is 22.6. The molecule has 13 aromatic rings. The van der Waals surface area contributed by atoms with E-state index < -0.39 is 11.9 Å². The van der Waals surface area contributed by atoms with Crippen LogP contribution in [-0.4, -0.2) is 187 Å². The van der Waals surface area contributed by atoms with E-state index in [0.29, 0.717) is 198 Å². The Bertz CT molecular complexity index is 7360. The maximum atomic E-state index is 12.0. The van der Waals surface area contributed by atoms with Crippen LogP contribution in [0.2, 0.25) is 25.1 Å². The second kappa shape index (κ2) is 42.0. The lowest BCUT2D eigenvalue weighted by atomic mass is 9.95. The molecule has 8 aromatic carbocycles. The number of benzene rings is 8. The fourth-order valence-corrected chi connectivity index (χ4v) is 24.6. The number of methoxy groups -OCH3 is 3. The summed E-state index contributed by atoms with van der Waals surface area (Å²) in [4.78, 5) is 73.4. The quantitative estimate of drug-likeness (QED) is 0.0407. The SMILES string of the molecule is COC(=O)[C@@H]1CCN(C2CCc3c2cc2nc(-c4cccc(Br)c4Cl)oc2c3C#N)C1.COc1nc(O[C@H]2CCc3c(C)cccc32)c(Cl)cc1CN1CC[C@@H](O)C1.N#Cc1c2c(cc3nc(-c4cccc(Br)c4Cl)oc13)[C@H](N1CC[C@@H](C(=O)O)C1)CC2.[C-]#[N+]c1c2c(cc3nc(-c4cccc(-c5cccc6c5CC[C@@H]6Oc5nc(OC)c(CN6CC[C@@H](O)C6)cc5Cl)c4Cl)oc13)[C@H](N1CC[C@@H](C(=O)O)C1)CC2. The summed E-state index contributed by atoms with van der Waals surface area (Å²) in [5.74, 6) is 0.367. The van der Waals surface area contributed by atoms with Crippen LogP contribution in [0.1, 0.15) is 178 Å². The number of nitriles is 2. The van der Waals surface area contributed by atoms with E-state index in [2.05, 4.69) is 131 Å². The molecule has 23 rings (SSSR count). The van der Waals surface area contributed by atoms with Gasteiger partial charge >= 0.3 is 17.9 Å². The largest absolute Gasteiger partial charge is 0.481 e. The number of carbonyl (C=O) groups is 3. The Morgan fingerprint density at radius 3 is 1.30 bits per heavy atom. The first-order valence-electron chi connectivity index (χ1n) is 48.1. The number of rotatable bonds is 20. The number of aliphatic hydroxyl groups excluding tert-OH is 2. The Morgan fingerprint density at radius 1 is 0.455 bits per heavy atom. The van der Waals surface area contributed by atoms with Gasteiger partial charge < -0.3 is 57.4 Å². The predicted molar refractivity (Wildman–Crippen MR) is 547 cm³/mol. The zero-order valence-corrected chi connectivity index (χ0v) is 85.6. The number of fused-ring (bicyclic) bond motifs is 8. The molecule has 5 fully saturated rings. The third kappa shape index (κ3) is 19.6. The number of nitrogens with zero attached hydrogens (tertiary/aromatic N) is 13. The summed E-state index contributed by atoms with van der Waals surface area (Å²) in [6, 6.07) is 44.1. The monoisotopic (exact) mass is 2150 g/mol. The van der Waals surface area contributed by atoms with Crippen LogP contribution in [0.25, 0.3) is 83.6 Å². The summed E-state index contributed by atoms with van der Waals surface area (Å²) in [7, 11) is 4.63. The summed E-state index contributed by atoms with van der Waals surface area (Å²) in [6.07, 6.45) is 11.0. The van der Waals surface area contributed by atoms with Crippen LogP contribution in [0.15, 0.2) is 144 Å². The Morgan fingerprint density at radius 2 is 0.853 bits per heavy atom. The van der Waals surface area contributed by atoms with Gasteiger partial charge in [-0.3, -0.25) is 38.9 Å². The van der Waals surface area contributed by atoms with E-state index in [0.717, 1.165) is 185 Å². The lowest BCUT2D eigenvalue weighted by molar-refractivity contribution is -0.145. The number of esters is 1. The van der Waals surface area contributed by atoms with Gasteiger partial charge in [-0.2, -0.15) is 20.5 Å². The van der Waals surface area contributed by atoms with E-state index >= 15 is 0 Å². The molecule has 10 atom stereocenters. The number of aliphatic carboxylic acids is 2. The van der Waals surface area contributed by atoms with Crippen LogP contribution in [0.4, 0.5) is 5.69 Å². The molecule has 143 heavy (non-hydrogen) atoms. The molecule has 5 saturated heterocycles. The van der Waals surface area contributed by atoms with E-state index in [1.54, 1.807) is 14.2 Å². The number of carboxylic acid groups (broad SMARTS) is 2. The highest BCUT2D eigenvalue weighted by atomic mass is 79.9. The van der Waals surface area contributed by atoms with E-state index in [-0.39, 0.29) is 66.3 Å². The van der Waals surface area contributed by atoms with Crippen molar-refractivity contribution in [1.29, 1.82) is 10.5 Å². The number of likely N-dealkylation sites (tertiary alicyclic amines) is 5. The fourth-order valence-electron chi connectivity index (χ4n) is 22.7. The minimum Gasteiger partial charge on any atom is -0.481 e. The molecule has 28 nitrogen and oxygen atoms in total. The number of aliphatic hydroxyl groups is 2. The highest BCUT2D eigenvalue weighted by molar-refractivity contribution is 9.11. The van der Waals surface area contributed by atoms with Crippen LogP contribution in [0.3, 0.4) is 0 Å². The standard InChI is InChI=1S/C42H39Cl2N5O6.C23H19BrClN3O3.C22H17BrClN3O3.C21H25ClN2O3/c1-45-37-29-9-11-34(49-16-13-22(20-49)42(51)52)31(29)18-33-38(37)55-40(46-33)30-8-4-7-28(36(30)44)25-5-3-6-27-26(25)10-12-35(27)54-41-32(43)17-23(39(47-41)53-2)19-48-15-14-24(50)21-48;1-30-23(29)12-7-8-28(11-12)19-6-5-13-15(19)9-18-21(16(13)10-26)31-22(27-18)14-3-2-4-17(24)20(14)25;23-16-3-1-2-13(19(16)24)21-26-17-8-14-12(15(9-25)20(17)30-21)4-5-18(14)27-7-6-11(10-27)22(28)29;1-13-4-3-5-17-16(13)6-7-19(17)27-21-18(22)10-14(20(23-21)26-2)11-24-9-8-15(25)12-24/h3-8,17-18,22,24,34-35,50H,9-16,19-21H2,2H3,(H,51,52);2-4,9,12,19H,5-8,11H2,1H3;1-3,8,11,18H,4-7,10H2,(H,28,29);3-5,10,15,19,25H,6-9,11-12H2,1-2H3/t22-,24-,34-,35+;12-,19?;11-,18-;15-,19+/m1111/s1. The molecule has 5 aliphatic heterocycles. The topological polar surface area (TPSA) is 350 Å². The van der Waals surface area contributed by atoms with Crippen molar-refractivity contribution in [2.24, 2.45) is 17.8 Å². The first-order chi connectivity index (χ1) is 69.2. The number of oxazole rings is 3. The molecule has 1 unspecified atom stereocenters. The van der Waals surface area contributed by atoms with E-state index in [1.807, 2.05) is 91.0 Å². The molecule has 0 radical (unpaired) electrons. The van der Waals surface area contributed by atoms with Gasteiger partial charge in [0.1, 0.15) is 56.6 Å². The Kier molecular flexibility index (Phi) is 29.1. The zero-order valence-electron chi connectivity index (χ0n) is 78.7. The van der Waals surface area contributed by atoms with Gasteiger partial charge in [0.2, 0.25) is 46.9 Å². The average molecular weight is 2160 g/mol. The van der Waals surface area contributed by atoms with Crippen molar-refractivity contribution in [3.8, 4) is 81.1 Å². The van der Waals surface area contributed by atoms with Crippen LogP contribution in [-0.2, 0) is 64.3 Å². The molecule has 0 spiro atoms. The first-order valence-corrected chi connectivity index (χ1v) is 51.5. The van der Waals surface area contributed by atoms with E-state index in [1.165, 1.54) is 23.8 Å². The number of aromatic nitrogens is 5. The maximum absolute atomic E-state index is 12.0. The molecule has 736 valence electrons. The summed E-state index contributed by atoms with van der Waals surface area (Å²) in [5.41, 5.74) is 22.6. The fraction of sp³-hybridized carbons (Fsp3) is 0.380. The molecule has 5 aliphatic carbocycles. The van der Waals surface area contributed by atoms with Crippen molar-refractivity contribution < 1.29 is 71.7 Å². The average Bonchev–Trinajstić information content (AvgIpc) is 1.60. The number of aryl methyl sites for hydroxylation is 1. The summed E-state index contributed by atoms with van der Waals surface area (Å²) < 4.78 is 48.7. The Hall–Kier alpha value is -11.3. The molecular weight excluding hydrogens is 2060 g/mol. The molecule has 35 heteroatoms. The molecule has 4 N–H and O–H groups in total. The lowest BCUT2D eigenvalue weighted by Crippen LogP contribution is -2.27. The summed E-state index contributed by atoms with van der Waals surface area (Å²) >= 11 is 40.2. The second-order valence-electron chi connectivity index (χ2n) is 38.1. The van der Waals surface area contributed by atoms with Crippen molar-refractivity contribution in [1.82, 2.24) is 49.4 Å². The third-order valence-electron chi connectivity index (χ3n) is 29.8. The van der Waals surface area contributed by atoms with Gasteiger partial charge in [-0.15, -0.1) is 0 Å². The van der Waals surface area contributed by atoms with Crippen molar-refractivity contribution in [2.45, 2.75) is 159 Å². The minimum atomic E-state index is -0.757. The number of β-amino-alcohol motifs (C(OH)–C–C–N with tert-alkyl or cyclic N) is 2. The van der Waals surface area contributed by atoms with Gasteiger partial charge in [0.25, 0.3) is 0 Å². The summed E-state index contributed by atoms with van der Waals surface area (Å²) in [5, 5.41) is 60.8. The van der Waals surface area contributed by atoms with Crippen molar-refractivity contribution in [2.75, 3.05) is 86.8 Å². The Balaban J connectivity index is 0.000000122. The summed E-state index contributed by atoms with van der Waals surface area (Å²) in [6.45, 7) is 18.4. The molecule has 10 heterocycles. The maximum Gasteiger partial charge on any atom is 0.310 e. The van der Waals surface area contributed by atoms with Crippen LogP contribution < -0.4 is 18.9 Å². The minimum absolute atomic E-state index is 0.0332. The van der Waals surface area contributed by atoms with Gasteiger partial charge in [-0.05, 0) is 282 Å². The zero-order chi connectivity index (χ0) is 99.6. The van der Waals surface area contributed by atoms with Crippen molar-refractivity contribution in [3.05, 3.63) is 250 Å². The highest BCUT2D eigenvalue weighted by Gasteiger charge is 2.44. The van der Waals surface area contributed by atoms with Crippen molar-refractivity contribution >= 4 is 147 Å². The molecule has 5 aromatic heterocycles. The number of halogens is 7. The molecule has 0 saturated carbocycles. The van der Waals surface area contributed by atoms with Crippen molar-refractivity contribution in [3.63, 3.8) is 0 Å². The van der Waals surface area contributed by atoms with Gasteiger partial charge in [0.05, 0.1) is 95.1 Å². The smallest absolute Gasteiger partial charge is 0.310 e. The van der Waals surface area contributed by atoms with E-state index in [9.17, 15) is 45.3 Å². The number of hydrogen-bond acceptors (Lipinski definition) is 25. The van der Waals surface area contributed by atoms with Gasteiger partial charge in [0.15, 0.2) is 16.7 Å². The normalized spacial score (nSPS) is 21.6. The van der Waals surface area contributed by atoms with Gasteiger partial charge in [0, 0.05) is 103 Å². The Labute approximate surface area is 866 Å². The van der Waals surface area contributed by atoms with Crippen LogP contribution in [0, 0.1) is 53.9 Å². The molecule has 0 bridgehead atoms. The molecular formula is C108H100Br2Cl5N13O15. The van der Waals surface area contributed by atoms with Crippen LogP contribution >= 0.6 is 89.9 Å². The van der Waals surface area contributed by atoms with Crippen LogP contribution in [0.5, 0.6) is 23.5 Å². The second-order valence-corrected chi connectivity index (χ2v) is 41.7. The number of pyridine rings is 2. The molecule has 0 amide bonds. The van der Waals surface area contributed by atoms with Gasteiger partial charge in [-0.25, -0.2) is 19.8 Å². The molecule has 10 aliphatic rings. The first kappa shape index (κ1) is 99.0. The number of hydrogen-bond donors (Lipinski definition) is 4. The van der Waals surface area contributed by atoms with E-state index in [4.69, 9.17) is 106 Å². The lowest BCUT2D eigenvalue weighted by Gasteiger charge is -2.24. The van der Waals surface area contributed by atoms with Gasteiger partial charge in [-0.1, -0.05) is 119 Å². The number of carbonyl (C=O) groups excluding carboxylic acids is 1. The number of carboxylic acids is 2. The highest BCUT2D eigenvalue weighted by Crippen LogP contribution is 2.53. The third-order valence-corrected chi connectivity index (χ3v) is 33.3. The number of ether oxygens (including phenoxy) is 5.